The Morgan fingerprint density at radius 2 is 2.00 bits per heavy atom. The molecular weight excluding hydrogens is 260 g/mol. The molecule has 1 aliphatic carbocycles. The second-order valence-corrected chi connectivity index (χ2v) is 7.81. The Morgan fingerprint density at radius 1 is 1.19 bits per heavy atom. The van der Waals surface area contributed by atoms with Crippen LogP contribution in [0.25, 0.3) is 0 Å². The highest BCUT2D eigenvalue weighted by atomic mass is 16.5. The van der Waals surface area contributed by atoms with Crippen molar-refractivity contribution in [3.63, 3.8) is 0 Å². The second-order valence-electron chi connectivity index (χ2n) is 7.81. The minimum Gasteiger partial charge on any atom is -0.377 e. The van der Waals surface area contributed by atoms with Crippen LogP contribution in [0.5, 0.6) is 0 Å². The normalized spacial score (nSPS) is 33.3. The molecule has 0 amide bonds. The first-order valence-electron chi connectivity index (χ1n) is 9.10. The minimum atomic E-state index is 0.403. The Bertz CT molecular complexity index is 300. The summed E-state index contributed by atoms with van der Waals surface area (Å²) >= 11 is 0. The molecule has 3 unspecified atom stereocenters. The van der Waals surface area contributed by atoms with Crippen LogP contribution in [0.15, 0.2) is 0 Å². The second kappa shape index (κ2) is 7.94. The van der Waals surface area contributed by atoms with Crippen LogP contribution in [0.4, 0.5) is 0 Å². The Labute approximate surface area is 131 Å². The van der Waals surface area contributed by atoms with Crippen molar-refractivity contribution in [3.05, 3.63) is 0 Å². The third-order valence-corrected chi connectivity index (χ3v) is 5.49. The molecule has 3 nitrogen and oxygen atoms in total. The van der Waals surface area contributed by atoms with Gasteiger partial charge in [-0.2, -0.15) is 0 Å². The van der Waals surface area contributed by atoms with Crippen molar-refractivity contribution in [2.75, 3.05) is 26.7 Å². The van der Waals surface area contributed by atoms with E-state index in [1.807, 2.05) is 0 Å². The summed E-state index contributed by atoms with van der Waals surface area (Å²) < 4.78 is 5.95. The molecule has 0 radical (unpaired) electrons. The SMILES string of the molecule is CCCNC1C(N(C)CC2CCCCO2)CCCC1(C)C. The molecule has 2 rings (SSSR count). The molecule has 0 aromatic heterocycles. The lowest BCUT2D eigenvalue weighted by Gasteiger charge is -2.48. The van der Waals surface area contributed by atoms with Crippen molar-refractivity contribution in [1.29, 1.82) is 0 Å². The first-order valence-corrected chi connectivity index (χ1v) is 9.10. The fraction of sp³-hybridized carbons (Fsp3) is 1.00. The van der Waals surface area contributed by atoms with Gasteiger partial charge in [-0.15, -0.1) is 0 Å². The van der Waals surface area contributed by atoms with Gasteiger partial charge in [0.15, 0.2) is 0 Å². The average Bonchev–Trinajstić information content (AvgIpc) is 2.46. The van der Waals surface area contributed by atoms with Gasteiger partial charge in [-0.3, -0.25) is 4.90 Å². The molecule has 0 aromatic rings. The number of hydrogen-bond donors (Lipinski definition) is 1. The van der Waals surface area contributed by atoms with Crippen molar-refractivity contribution in [3.8, 4) is 0 Å². The summed E-state index contributed by atoms with van der Waals surface area (Å²) in [5.74, 6) is 0. The zero-order valence-electron chi connectivity index (χ0n) is 14.7. The molecule has 1 N–H and O–H groups in total. The highest BCUT2D eigenvalue weighted by molar-refractivity contribution is 4.98. The third kappa shape index (κ3) is 4.67. The largest absolute Gasteiger partial charge is 0.377 e. The zero-order chi connectivity index (χ0) is 15.3. The van der Waals surface area contributed by atoms with E-state index in [9.17, 15) is 0 Å². The van der Waals surface area contributed by atoms with Gasteiger partial charge in [0, 0.05) is 25.2 Å². The van der Waals surface area contributed by atoms with Crippen molar-refractivity contribution in [1.82, 2.24) is 10.2 Å². The molecule has 1 aliphatic heterocycles. The first-order chi connectivity index (χ1) is 10.0. The maximum absolute atomic E-state index is 5.95. The monoisotopic (exact) mass is 296 g/mol. The van der Waals surface area contributed by atoms with Gasteiger partial charge in [-0.05, 0) is 57.5 Å². The van der Waals surface area contributed by atoms with Gasteiger partial charge in [-0.25, -0.2) is 0 Å². The minimum absolute atomic E-state index is 0.403. The zero-order valence-corrected chi connectivity index (χ0v) is 14.7. The van der Waals surface area contributed by atoms with Gasteiger partial charge in [0.05, 0.1) is 6.10 Å². The standard InChI is InChI=1S/C18H36N2O/c1-5-12-19-17-16(10-8-11-18(17,2)3)20(4)14-15-9-6-7-13-21-15/h15-17,19H,5-14H2,1-4H3. The molecular formula is C18H36N2O. The van der Waals surface area contributed by atoms with Gasteiger partial charge in [-0.1, -0.05) is 27.2 Å². The predicted molar refractivity (Wildman–Crippen MR) is 89.7 cm³/mol. The van der Waals surface area contributed by atoms with Gasteiger partial charge >= 0.3 is 0 Å². The Hall–Kier alpha value is -0.120. The molecule has 3 atom stereocenters. The first kappa shape index (κ1) is 17.2. The van der Waals surface area contributed by atoms with E-state index in [0.29, 0.717) is 23.6 Å². The van der Waals surface area contributed by atoms with E-state index in [-0.39, 0.29) is 0 Å². The highest BCUT2D eigenvalue weighted by Gasteiger charge is 2.40. The van der Waals surface area contributed by atoms with Gasteiger partial charge in [0.25, 0.3) is 0 Å². The van der Waals surface area contributed by atoms with Crippen LogP contribution in [0, 0.1) is 5.41 Å². The van der Waals surface area contributed by atoms with Crippen molar-refractivity contribution in [2.45, 2.75) is 83.9 Å². The Morgan fingerprint density at radius 3 is 2.67 bits per heavy atom. The van der Waals surface area contributed by atoms with Crippen molar-refractivity contribution < 1.29 is 4.74 Å². The molecule has 1 saturated carbocycles. The van der Waals surface area contributed by atoms with E-state index in [0.717, 1.165) is 19.7 Å². The van der Waals surface area contributed by atoms with Crippen LogP contribution in [0.3, 0.4) is 0 Å². The van der Waals surface area contributed by atoms with Crippen LogP contribution >= 0.6 is 0 Å². The van der Waals surface area contributed by atoms with E-state index >= 15 is 0 Å². The fourth-order valence-corrected chi connectivity index (χ4v) is 4.20. The summed E-state index contributed by atoms with van der Waals surface area (Å²) in [4.78, 5) is 2.59. The maximum atomic E-state index is 5.95. The fourth-order valence-electron chi connectivity index (χ4n) is 4.20. The predicted octanol–water partition coefficient (Wildman–Crippen LogP) is 3.43. The number of rotatable bonds is 6. The molecule has 0 bridgehead atoms. The van der Waals surface area contributed by atoms with Gasteiger partial charge in [0.2, 0.25) is 0 Å². The number of likely N-dealkylation sites (N-methyl/N-ethyl adjacent to an activating group) is 1. The van der Waals surface area contributed by atoms with Crippen LogP contribution in [-0.2, 0) is 4.74 Å². The summed E-state index contributed by atoms with van der Waals surface area (Å²) in [5, 5.41) is 3.85. The lowest BCUT2D eigenvalue weighted by molar-refractivity contribution is -0.0235. The van der Waals surface area contributed by atoms with E-state index in [1.54, 1.807) is 0 Å². The van der Waals surface area contributed by atoms with E-state index in [4.69, 9.17) is 4.74 Å². The number of nitrogens with zero attached hydrogens (tertiary/aromatic N) is 1. The molecule has 124 valence electrons. The summed E-state index contributed by atoms with van der Waals surface area (Å²) in [5.41, 5.74) is 0.403. The van der Waals surface area contributed by atoms with Crippen molar-refractivity contribution in [2.24, 2.45) is 5.41 Å². The van der Waals surface area contributed by atoms with E-state index in [2.05, 4.69) is 38.0 Å². The summed E-state index contributed by atoms with van der Waals surface area (Å²) in [6.07, 6.45) is 9.54. The molecule has 1 heterocycles. The summed E-state index contributed by atoms with van der Waals surface area (Å²) in [6, 6.07) is 1.27. The van der Waals surface area contributed by atoms with Gasteiger partial charge in [0.1, 0.15) is 0 Å². The molecule has 1 saturated heterocycles. The molecule has 3 heteroatoms. The third-order valence-electron chi connectivity index (χ3n) is 5.49. The van der Waals surface area contributed by atoms with E-state index in [1.165, 1.54) is 44.9 Å². The maximum Gasteiger partial charge on any atom is 0.0702 e. The van der Waals surface area contributed by atoms with Gasteiger partial charge < -0.3 is 10.1 Å². The van der Waals surface area contributed by atoms with Crippen molar-refractivity contribution >= 4 is 0 Å². The quantitative estimate of drug-likeness (QED) is 0.812. The van der Waals surface area contributed by atoms with Crippen LogP contribution < -0.4 is 5.32 Å². The highest BCUT2D eigenvalue weighted by Crippen LogP contribution is 2.37. The molecule has 2 fully saturated rings. The van der Waals surface area contributed by atoms with Crippen LogP contribution in [0.2, 0.25) is 0 Å². The lowest BCUT2D eigenvalue weighted by Crippen LogP contribution is -2.59. The molecule has 21 heavy (non-hydrogen) atoms. The average molecular weight is 296 g/mol. The smallest absolute Gasteiger partial charge is 0.0702 e. The van der Waals surface area contributed by atoms with Crippen LogP contribution in [-0.4, -0.2) is 49.8 Å². The summed E-state index contributed by atoms with van der Waals surface area (Å²) in [7, 11) is 2.31. The summed E-state index contributed by atoms with van der Waals surface area (Å²) in [6.45, 7) is 10.3. The Kier molecular flexibility index (Phi) is 6.51. The topological polar surface area (TPSA) is 24.5 Å². The van der Waals surface area contributed by atoms with E-state index < -0.39 is 0 Å². The molecule has 2 aliphatic rings. The Balaban J connectivity index is 1.96. The molecule has 0 spiro atoms. The number of nitrogens with one attached hydrogen (secondary N) is 1. The van der Waals surface area contributed by atoms with Crippen LogP contribution in [0.1, 0.15) is 65.7 Å². The number of ether oxygens (including phenoxy) is 1. The number of hydrogen-bond acceptors (Lipinski definition) is 3. The lowest BCUT2D eigenvalue weighted by atomic mass is 9.70. The molecule has 0 aromatic carbocycles.